The lowest BCUT2D eigenvalue weighted by Crippen LogP contribution is -2.23. The molecule has 1 heterocycles. The van der Waals surface area contributed by atoms with Crippen LogP contribution < -0.4 is 10.2 Å². The summed E-state index contributed by atoms with van der Waals surface area (Å²) in [4.78, 5) is 25.5. The number of anilines is 2. The third-order valence-corrected chi connectivity index (χ3v) is 3.81. The van der Waals surface area contributed by atoms with Crippen LogP contribution in [0, 0.1) is 5.92 Å². The summed E-state index contributed by atoms with van der Waals surface area (Å²) in [6.45, 7) is 7.72. The molecular formula is C19H24N4O2. The van der Waals surface area contributed by atoms with E-state index in [0.29, 0.717) is 23.0 Å². The summed E-state index contributed by atoms with van der Waals surface area (Å²) in [5.41, 5.74) is 2.16. The fourth-order valence-corrected chi connectivity index (χ4v) is 2.45. The van der Waals surface area contributed by atoms with Gasteiger partial charge in [-0.1, -0.05) is 20.4 Å². The van der Waals surface area contributed by atoms with Gasteiger partial charge in [-0.15, -0.1) is 0 Å². The molecule has 132 valence electrons. The van der Waals surface area contributed by atoms with Crippen LogP contribution in [-0.2, 0) is 18.3 Å². The molecule has 0 fully saturated rings. The van der Waals surface area contributed by atoms with E-state index >= 15 is 0 Å². The standard InChI is InChI=1S/C19H24N4O2/c1-6-18(24)22(4)16-9-7-14(8-10-16)19(25)20-17-12-15(11-13(2)3)21-23(17)5/h6-10,12-13H,1,11H2,2-5H3,(H,20,25). The lowest BCUT2D eigenvalue weighted by atomic mass is 10.1. The van der Waals surface area contributed by atoms with E-state index in [-0.39, 0.29) is 11.8 Å². The fraction of sp³-hybridized carbons (Fsp3) is 0.316. The minimum absolute atomic E-state index is 0.204. The Kier molecular flexibility index (Phi) is 5.75. The molecular weight excluding hydrogens is 316 g/mol. The van der Waals surface area contributed by atoms with Gasteiger partial charge in [-0.3, -0.25) is 14.3 Å². The smallest absolute Gasteiger partial charge is 0.256 e. The molecule has 0 saturated carbocycles. The Balaban J connectivity index is 2.10. The van der Waals surface area contributed by atoms with Crippen molar-refractivity contribution in [3.05, 3.63) is 54.2 Å². The Morgan fingerprint density at radius 1 is 1.32 bits per heavy atom. The normalized spacial score (nSPS) is 10.6. The highest BCUT2D eigenvalue weighted by molar-refractivity contribution is 6.05. The van der Waals surface area contributed by atoms with E-state index in [9.17, 15) is 9.59 Å². The van der Waals surface area contributed by atoms with Crippen LogP contribution in [-0.4, -0.2) is 28.6 Å². The predicted octanol–water partition coefficient (Wildman–Crippen LogP) is 3.02. The summed E-state index contributed by atoms with van der Waals surface area (Å²) < 4.78 is 1.67. The fourth-order valence-electron chi connectivity index (χ4n) is 2.45. The Morgan fingerprint density at radius 3 is 2.52 bits per heavy atom. The van der Waals surface area contributed by atoms with Gasteiger partial charge >= 0.3 is 0 Å². The van der Waals surface area contributed by atoms with Crippen LogP contribution >= 0.6 is 0 Å². The monoisotopic (exact) mass is 340 g/mol. The van der Waals surface area contributed by atoms with Crippen LogP contribution in [0.25, 0.3) is 0 Å². The quantitative estimate of drug-likeness (QED) is 0.822. The molecule has 1 N–H and O–H groups in total. The molecule has 0 aliphatic heterocycles. The molecule has 6 nitrogen and oxygen atoms in total. The topological polar surface area (TPSA) is 67.2 Å². The highest BCUT2D eigenvalue weighted by Crippen LogP contribution is 2.17. The van der Waals surface area contributed by atoms with Gasteiger partial charge in [0.1, 0.15) is 5.82 Å². The number of rotatable bonds is 6. The predicted molar refractivity (Wildman–Crippen MR) is 99.8 cm³/mol. The zero-order valence-electron chi connectivity index (χ0n) is 15.1. The molecule has 6 heteroatoms. The largest absolute Gasteiger partial charge is 0.312 e. The van der Waals surface area contributed by atoms with Crippen LogP contribution in [0.3, 0.4) is 0 Å². The van der Waals surface area contributed by atoms with Gasteiger partial charge in [0, 0.05) is 31.4 Å². The van der Waals surface area contributed by atoms with Crippen molar-refractivity contribution >= 4 is 23.3 Å². The van der Waals surface area contributed by atoms with Crippen molar-refractivity contribution in [3.8, 4) is 0 Å². The second-order valence-electron chi connectivity index (χ2n) is 6.34. The molecule has 2 rings (SSSR count). The number of likely N-dealkylation sites (N-methyl/N-ethyl adjacent to an activating group) is 1. The summed E-state index contributed by atoms with van der Waals surface area (Å²) in [5.74, 6) is 0.734. The Hall–Kier alpha value is -2.89. The zero-order valence-corrected chi connectivity index (χ0v) is 15.1. The third kappa shape index (κ3) is 4.56. The van der Waals surface area contributed by atoms with Gasteiger partial charge in [-0.05, 0) is 42.7 Å². The van der Waals surface area contributed by atoms with E-state index in [1.54, 1.807) is 43.0 Å². The SMILES string of the molecule is C=CC(=O)N(C)c1ccc(C(=O)Nc2cc(CC(C)C)nn2C)cc1. The maximum atomic E-state index is 12.4. The second-order valence-corrected chi connectivity index (χ2v) is 6.34. The first-order chi connectivity index (χ1) is 11.8. The first kappa shape index (κ1) is 18.4. The van der Waals surface area contributed by atoms with Gasteiger partial charge in [-0.25, -0.2) is 0 Å². The second kappa shape index (κ2) is 7.79. The van der Waals surface area contributed by atoms with Gasteiger partial charge < -0.3 is 10.2 Å². The summed E-state index contributed by atoms with van der Waals surface area (Å²) >= 11 is 0. The minimum Gasteiger partial charge on any atom is -0.312 e. The molecule has 0 unspecified atom stereocenters. The highest BCUT2D eigenvalue weighted by Gasteiger charge is 2.13. The summed E-state index contributed by atoms with van der Waals surface area (Å²) in [5, 5.41) is 7.28. The van der Waals surface area contributed by atoms with Gasteiger partial charge in [0.05, 0.1) is 5.69 Å². The summed E-state index contributed by atoms with van der Waals surface area (Å²) in [6.07, 6.45) is 2.11. The Labute approximate surface area is 148 Å². The van der Waals surface area contributed by atoms with Crippen LogP contribution in [0.2, 0.25) is 0 Å². The summed E-state index contributed by atoms with van der Waals surface area (Å²) in [6, 6.07) is 8.71. The molecule has 0 saturated heterocycles. The number of carbonyl (C=O) groups is 2. The van der Waals surface area contributed by atoms with Gasteiger partial charge in [0.15, 0.2) is 0 Å². The first-order valence-electron chi connectivity index (χ1n) is 8.16. The number of aryl methyl sites for hydroxylation is 1. The number of amides is 2. The van der Waals surface area contributed by atoms with E-state index in [2.05, 4.69) is 30.8 Å². The number of aromatic nitrogens is 2. The maximum absolute atomic E-state index is 12.4. The van der Waals surface area contributed by atoms with Crippen molar-refractivity contribution in [2.24, 2.45) is 13.0 Å². The number of nitrogens with zero attached hydrogens (tertiary/aromatic N) is 3. The average molecular weight is 340 g/mol. The number of carbonyl (C=O) groups excluding carboxylic acids is 2. The molecule has 25 heavy (non-hydrogen) atoms. The Bertz CT molecular complexity index is 775. The maximum Gasteiger partial charge on any atom is 0.256 e. The molecule has 0 aliphatic carbocycles. The average Bonchev–Trinajstić information content (AvgIpc) is 2.91. The van der Waals surface area contributed by atoms with Crippen LogP contribution in [0.15, 0.2) is 43.0 Å². The molecule has 0 atom stereocenters. The van der Waals surface area contributed by atoms with E-state index in [4.69, 9.17) is 0 Å². The van der Waals surface area contributed by atoms with Gasteiger partial charge in [0.25, 0.3) is 5.91 Å². The molecule has 1 aromatic heterocycles. The molecule has 1 aromatic carbocycles. The van der Waals surface area contributed by atoms with E-state index in [1.165, 1.54) is 11.0 Å². The van der Waals surface area contributed by atoms with Gasteiger partial charge in [0.2, 0.25) is 5.91 Å². The van der Waals surface area contributed by atoms with Crippen LogP contribution in [0.5, 0.6) is 0 Å². The van der Waals surface area contributed by atoms with Gasteiger partial charge in [-0.2, -0.15) is 5.10 Å². The third-order valence-electron chi connectivity index (χ3n) is 3.81. The molecule has 2 amide bonds. The molecule has 0 spiro atoms. The van der Waals surface area contributed by atoms with Crippen molar-refractivity contribution in [1.29, 1.82) is 0 Å². The highest BCUT2D eigenvalue weighted by atomic mass is 16.2. The van der Waals surface area contributed by atoms with Crippen LogP contribution in [0.1, 0.15) is 29.9 Å². The van der Waals surface area contributed by atoms with E-state index < -0.39 is 0 Å². The van der Waals surface area contributed by atoms with Crippen molar-refractivity contribution in [3.63, 3.8) is 0 Å². The number of benzene rings is 1. The number of nitrogens with one attached hydrogen (secondary N) is 1. The number of hydrogen-bond acceptors (Lipinski definition) is 3. The zero-order chi connectivity index (χ0) is 18.6. The summed E-state index contributed by atoms with van der Waals surface area (Å²) in [7, 11) is 3.46. The van der Waals surface area contributed by atoms with E-state index in [0.717, 1.165) is 12.1 Å². The molecule has 0 radical (unpaired) electrons. The van der Waals surface area contributed by atoms with Crippen molar-refractivity contribution in [2.45, 2.75) is 20.3 Å². The minimum atomic E-state index is -0.219. The molecule has 2 aromatic rings. The lowest BCUT2D eigenvalue weighted by molar-refractivity contribution is -0.113. The van der Waals surface area contributed by atoms with Crippen LogP contribution in [0.4, 0.5) is 11.5 Å². The number of hydrogen-bond donors (Lipinski definition) is 1. The van der Waals surface area contributed by atoms with Crippen molar-refractivity contribution < 1.29 is 9.59 Å². The Morgan fingerprint density at radius 2 is 1.96 bits per heavy atom. The molecule has 0 aliphatic rings. The molecule has 0 bridgehead atoms. The van der Waals surface area contributed by atoms with Crippen molar-refractivity contribution in [1.82, 2.24) is 9.78 Å². The first-order valence-corrected chi connectivity index (χ1v) is 8.16. The van der Waals surface area contributed by atoms with E-state index in [1.807, 2.05) is 6.07 Å². The van der Waals surface area contributed by atoms with Crippen molar-refractivity contribution in [2.75, 3.05) is 17.3 Å². The lowest BCUT2D eigenvalue weighted by Gasteiger charge is -2.15.